The lowest BCUT2D eigenvalue weighted by Gasteiger charge is -2.10. The van der Waals surface area contributed by atoms with E-state index in [1.54, 1.807) is 25.3 Å². The number of esters is 1. The van der Waals surface area contributed by atoms with E-state index in [0.717, 1.165) is 5.56 Å². The highest BCUT2D eigenvalue weighted by Gasteiger charge is 2.14. The van der Waals surface area contributed by atoms with Crippen LogP contribution in [0.15, 0.2) is 42.5 Å². The van der Waals surface area contributed by atoms with Crippen molar-refractivity contribution in [3.63, 3.8) is 0 Å². The van der Waals surface area contributed by atoms with Crippen LogP contribution in [0.5, 0.6) is 11.5 Å². The summed E-state index contributed by atoms with van der Waals surface area (Å²) in [4.78, 5) is 12.1. The number of hydrogen-bond donors (Lipinski definition) is 1. The molecule has 0 atom stereocenters. The third kappa shape index (κ3) is 3.66. The fourth-order valence-corrected chi connectivity index (χ4v) is 1.87. The van der Waals surface area contributed by atoms with Crippen LogP contribution in [0.25, 0.3) is 0 Å². The first-order valence-electron chi connectivity index (χ1n) is 6.37. The maximum absolute atomic E-state index is 12.1. The van der Waals surface area contributed by atoms with Gasteiger partial charge < -0.3 is 19.9 Å². The van der Waals surface area contributed by atoms with E-state index in [2.05, 4.69) is 0 Å². The molecule has 110 valence electrons. The maximum atomic E-state index is 12.1. The van der Waals surface area contributed by atoms with Crippen LogP contribution in [0.4, 0.5) is 5.69 Å². The van der Waals surface area contributed by atoms with Gasteiger partial charge in [-0.3, -0.25) is 0 Å². The molecule has 0 heterocycles. The number of nitrogens with two attached hydrogens (primary N) is 1. The number of methoxy groups -OCH3 is 2. The summed E-state index contributed by atoms with van der Waals surface area (Å²) in [6, 6.07) is 12.1. The highest BCUT2D eigenvalue weighted by atomic mass is 16.5. The fraction of sp³-hybridized carbons (Fsp3) is 0.188. The van der Waals surface area contributed by atoms with Gasteiger partial charge in [-0.2, -0.15) is 0 Å². The molecule has 0 radical (unpaired) electrons. The van der Waals surface area contributed by atoms with Crippen LogP contribution in [0.2, 0.25) is 0 Å². The van der Waals surface area contributed by atoms with Crippen molar-refractivity contribution in [3.8, 4) is 11.5 Å². The molecule has 0 amide bonds. The van der Waals surface area contributed by atoms with Crippen molar-refractivity contribution in [2.24, 2.45) is 0 Å². The fourth-order valence-electron chi connectivity index (χ4n) is 1.87. The molecule has 0 aliphatic heterocycles. The smallest absolute Gasteiger partial charge is 0.342 e. The number of hydrogen-bond acceptors (Lipinski definition) is 5. The number of carbonyl (C=O) groups is 1. The molecule has 2 aromatic rings. The first kappa shape index (κ1) is 14.7. The lowest BCUT2D eigenvalue weighted by molar-refractivity contribution is 0.0469. The minimum atomic E-state index is -0.463. The number of benzene rings is 2. The first-order chi connectivity index (χ1) is 10.1. The van der Waals surface area contributed by atoms with Crippen molar-refractivity contribution in [2.75, 3.05) is 20.0 Å². The summed E-state index contributed by atoms with van der Waals surface area (Å²) in [7, 11) is 3.07. The molecule has 2 aromatic carbocycles. The van der Waals surface area contributed by atoms with E-state index in [9.17, 15) is 4.79 Å². The number of nitrogen functional groups attached to an aromatic ring is 1. The highest BCUT2D eigenvalue weighted by molar-refractivity contribution is 5.93. The number of rotatable bonds is 5. The molecule has 0 aliphatic carbocycles. The zero-order valence-electron chi connectivity index (χ0n) is 12.0. The standard InChI is InChI=1S/C16H17NO4/c1-19-13-5-3-4-11(8-13)10-21-16(18)14-7-6-12(17)9-15(14)20-2/h3-9H,10,17H2,1-2H3. The lowest BCUT2D eigenvalue weighted by Crippen LogP contribution is -2.07. The molecule has 0 aromatic heterocycles. The molecule has 0 bridgehead atoms. The van der Waals surface area contributed by atoms with Gasteiger partial charge in [0.25, 0.3) is 0 Å². The Hall–Kier alpha value is -2.69. The van der Waals surface area contributed by atoms with Gasteiger partial charge in [-0.05, 0) is 29.8 Å². The maximum Gasteiger partial charge on any atom is 0.342 e. The Labute approximate surface area is 123 Å². The van der Waals surface area contributed by atoms with Gasteiger partial charge in [0.05, 0.1) is 14.2 Å². The minimum Gasteiger partial charge on any atom is -0.497 e. The van der Waals surface area contributed by atoms with Gasteiger partial charge in [-0.15, -0.1) is 0 Å². The van der Waals surface area contributed by atoms with E-state index in [4.69, 9.17) is 19.9 Å². The second kappa shape index (κ2) is 6.65. The summed E-state index contributed by atoms with van der Waals surface area (Å²) in [5.41, 5.74) is 7.37. The molecule has 0 aliphatic rings. The third-order valence-electron chi connectivity index (χ3n) is 2.95. The average molecular weight is 287 g/mol. The molecule has 2 N–H and O–H groups in total. The Kier molecular flexibility index (Phi) is 4.66. The predicted molar refractivity (Wildman–Crippen MR) is 79.5 cm³/mol. The predicted octanol–water partition coefficient (Wildman–Crippen LogP) is 2.64. The van der Waals surface area contributed by atoms with Crippen molar-refractivity contribution in [1.29, 1.82) is 0 Å². The number of ether oxygens (including phenoxy) is 3. The molecule has 5 heteroatoms. The van der Waals surface area contributed by atoms with Gasteiger partial charge in [-0.25, -0.2) is 4.79 Å². The minimum absolute atomic E-state index is 0.156. The molecule has 0 saturated carbocycles. The SMILES string of the molecule is COc1cccc(COC(=O)c2ccc(N)cc2OC)c1. The van der Waals surface area contributed by atoms with Crippen molar-refractivity contribution in [2.45, 2.75) is 6.61 Å². The Bertz CT molecular complexity index is 640. The average Bonchev–Trinajstić information content (AvgIpc) is 2.52. The first-order valence-corrected chi connectivity index (χ1v) is 6.37. The molecule has 21 heavy (non-hydrogen) atoms. The quantitative estimate of drug-likeness (QED) is 0.676. The van der Waals surface area contributed by atoms with Crippen LogP contribution in [0, 0.1) is 0 Å². The summed E-state index contributed by atoms with van der Waals surface area (Å²) in [5.74, 6) is 0.647. The van der Waals surface area contributed by atoms with Gasteiger partial charge in [0.2, 0.25) is 0 Å². The van der Waals surface area contributed by atoms with Crippen molar-refractivity contribution in [3.05, 3.63) is 53.6 Å². The van der Waals surface area contributed by atoms with Crippen molar-refractivity contribution < 1.29 is 19.0 Å². The van der Waals surface area contributed by atoms with E-state index < -0.39 is 5.97 Å². The zero-order chi connectivity index (χ0) is 15.2. The van der Waals surface area contributed by atoms with Gasteiger partial charge in [0.15, 0.2) is 0 Å². The van der Waals surface area contributed by atoms with E-state index in [0.29, 0.717) is 22.7 Å². The Morgan fingerprint density at radius 2 is 1.90 bits per heavy atom. The second-order valence-electron chi connectivity index (χ2n) is 4.39. The van der Waals surface area contributed by atoms with E-state index in [-0.39, 0.29) is 6.61 Å². The summed E-state index contributed by atoms with van der Waals surface area (Å²) >= 11 is 0. The molecule has 0 saturated heterocycles. The topological polar surface area (TPSA) is 70.8 Å². The van der Waals surface area contributed by atoms with E-state index >= 15 is 0 Å². The molecule has 2 rings (SSSR count). The number of anilines is 1. The zero-order valence-corrected chi connectivity index (χ0v) is 12.0. The molecule has 0 spiro atoms. The Balaban J connectivity index is 2.08. The number of carbonyl (C=O) groups excluding carboxylic acids is 1. The summed E-state index contributed by atoms with van der Waals surface area (Å²) in [5, 5.41) is 0. The normalized spacial score (nSPS) is 10.0. The molecule has 0 unspecified atom stereocenters. The molecule has 0 fully saturated rings. The van der Waals surface area contributed by atoms with E-state index in [1.807, 2.05) is 24.3 Å². The third-order valence-corrected chi connectivity index (χ3v) is 2.95. The summed E-state index contributed by atoms with van der Waals surface area (Å²) in [6.07, 6.45) is 0. The second-order valence-corrected chi connectivity index (χ2v) is 4.39. The van der Waals surface area contributed by atoms with Gasteiger partial charge in [0.1, 0.15) is 23.7 Å². The Morgan fingerprint density at radius 3 is 2.62 bits per heavy atom. The van der Waals surface area contributed by atoms with Crippen LogP contribution < -0.4 is 15.2 Å². The van der Waals surface area contributed by atoms with Crippen LogP contribution in [0.1, 0.15) is 15.9 Å². The molecular formula is C16H17NO4. The van der Waals surface area contributed by atoms with E-state index in [1.165, 1.54) is 7.11 Å². The summed E-state index contributed by atoms with van der Waals surface area (Å²) in [6.45, 7) is 0.156. The van der Waals surface area contributed by atoms with Gasteiger partial charge >= 0.3 is 5.97 Å². The largest absolute Gasteiger partial charge is 0.497 e. The van der Waals surface area contributed by atoms with Gasteiger partial charge in [0, 0.05) is 11.8 Å². The molecule has 5 nitrogen and oxygen atoms in total. The van der Waals surface area contributed by atoms with Crippen LogP contribution in [-0.4, -0.2) is 20.2 Å². The van der Waals surface area contributed by atoms with Crippen molar-refractivity contribution >= 4 is 11.7 Å². The van der Waals surface area contributed by atoms with Crippen LogP contribution >= 0.6 is 0 Å². The van der Waals surface area contributed by atoms with Crippen LogP contribution in [0.3, 0.4) is 0 Å². The molecular weight excluding hydrogens is 270 g/mol. The highest BCUT2D eigenvalue weighted by Crippen LogP contribution is 2.23. The van der Waals surface area contributed by atoms with Gasteiger partial charge in [-0.1, -0.05) is 12.1 Å². The van der Waals surface area contributed by atoms with Crippen LogP contribution in [-0.2, 0) is 11.3 Å². The Morgan fingerprint density at radius 1 is 1.10 bits per heavy atom. The van der Waals surface area contributed by atoms with Crippen molar-refractivity contribution in [1.82, 2.24) is 0 Å². The monoisotopic (exact) mass is 287 g/mol. The lowest BCUT2D eigenvalue weighted by atomic mass is 10.2. The summed E-state index contributed by atoms with van der Waals surface area (Å²) < 4.78 is 15.5.